The van der Waals surface area contributed by atoms with Crippen molar-refractivity contribution in [3.8, 4) is 0 Å². The number of hydrogen-bond donors (Lipinski definition) is 3. The summed E-state index contributed by atoms with van der Waals surface area (Å²) in [6.45, 7) is 0.404. The van der Waals surface area contributed by atoms with E-state index < -0.39 is 0 Å². The largest absolute Gasteiger partial charge is 0.393 e. The molecule has 0 radical (unpaired) electrons. The molecule has 0 saturated heterocycles. The van der Waals surface area contributed by atoms with Crippen LogP contribution in [-0.2, 0) is 4.79 Å². The number of rotatable bonds is 5. The molecule has 0 aliphatic heterocycles. The van der Waals surface area contributed by atoms with E-state index in [1.165, 1.54) is 0 Å². The molecule has 1 aliphatic carbocycles. The topological polar surface area (TPSA) is 78.4 Å². The predicted molar refractivity (Wildman–Crippen MR) is 87.4 cm³/mol. The normalized spacial score (nSPS) is 21.2. The smallest absolute Gasteiger partial charge is 0.251 e. The number of amides is 2. The minimum atomic E-state index is -0.328. The van der Waals surface area contributed by atoms with Crippen molar-refractivity contribution in [1.82, 2.24) is 10.6 Å². The van der Waals surface area contributed by atoms with Crippen LogP contribution in [0.2, 0.25) is 0 Å². The summed E-state index contributed by atoms with van der Waals surface area (Å²) in [4.78, 5) is 23.7. The van der Waals surface area contributed by atoms with E-state index in [4.69, 9.17) is 0 Å². The molecule has 1 aliphatic rings. The third kappa shape index (κ3) is 5.10. The second-order valence-corrected chi connectivity index (χ2v) is 6.52. The molecule has 2 atom stereocenters. The molecule has 3 N–H and O–H groups in total. The average molecular weight is 369 g/mol. The van der Waals surface area contributed by atoms with Crippen LogP contribution in [0.4, 0.5) is 0 Å². The van der Waals surface area contributed by atoms with Gasteiger partial charge in [-0.1, -0.05) is 34.8 Å². The molecule has 5 nitrogen and oxygen atoms in total. The fourth-order valence-electron chi connectivity index (χ4n) is 2.63. The predicted octanol–water partition coefficient (Wildman–Crippen LogP) is 1.85. The first kappa shape index (κ1) is 17.0. The van der Waals surface area contributed by atoms with Gasteiger partial charge in [-0.3, -0.25) is 9.59 Å². The van der Waals surface area contributed by atoms with Gasteiger partial charge in [0.05, 0.1) is 12.6 Å². The van der Waals surface area contributed by atoms with Crippen LogP contribution in [0.15, 0.2) is 28.7 Å². The molecular weight excluding hydrogens is 348 g/mol. The van der Waals surface area contributed by atoms with E-state index in [0.717, 1.165) is 30.2 Å². The first-order valence-corrected chi connectivity index (χ1v) is 8.34. The molecule has 0 aromatic heterocycles. The van der Waals surface area contributed by atoms with Gasteiger partial charge in [-0.15, -0.1) is 0 Å². The summed E-state index contributed by atoms with van der Waals surface area (Å²) in [6, 6.07) is 6.99. The van der Waals surface area contributed by atoms with Crippen LogP contribution in [0.1, 0.15) is 36.0 Å². The Hall–Kier alpha value is -1.40. The average Bonchev–Trinajstić information content (AvgIpc) is 2.52. The Morgan fingerprint density at radius 2 is 2.00 bits per heavy atom. The molecular formula is C16H21BrN2O3. The fourth-order valence-corrected chi connectivity index (χ4v) is 3.03. The highest BCUT2D eigenvalue weighted by molar-refractivity contribution is 9.10. The summed E-state index contributed by atoms with van der Waals surface area (Å²) >= 11 is 3.30. The Labute approximate surface area is 138 Å². The Balaban J connectivity index is 1.72. The molecule has 0 unspecified atom stereocenters. The van der Waals surface area contributed by atoms with E-state index in [-0.39, 0.29) is 30.4 Å². The second kappa shape index (κ2) is 8.29. The Morgan fingerprint density at radius 1 is 1.23 bits per heavy atom. The summed E-state index contributed by atoms with van der Waals surface area (Å²) in [5, 5.41) is 15.2. The standard InChI is InChI=1S/C16H21BrN2O3/c17-13-6-3-5-11(8-13)16(22)19-10-15(21)18-9-12-4-1-2-7-14(12)20/h3,5-6,8,12,14,20H,1-2,4,7,9-10H2,(H,18,21)(H,19,22)/t12-,14-/m1/s1. The number of benzene rings is 1. The molecule has 0 bridgehead atoms. The molecule has 1 saturated carbocycles. The van der Waals surface area contributed by atoms with Gasteiger partial charge in [0.25, 0.3) is 5.91 Å². The van der Waals surface area contributed by atoms with Crippen LogP contribution >= 0.6 is 15.9 Å². The quantitative estimate of drug-likeness (QED) is 0.741. The van der Waals surface area contributed by atoms with Crippen molar-refractivity contribution in [2.24, 2.45) is 5.92 Å². The third-order valence-electron chi connectivity index (χ3n) is 3.93. The minimum Gasteiger partial charge on any atom is -0.393 e. The summed E-state index contributed by atoms with van der Waals surface area (Å²) in [6.07, 6.45) is 3.56. The number of carbonyl (C=O) groups excluding carboxylic acids is 2. The SMILES string of the molecule is O=C(CNC(=O)c1cccc(Br)c1)NC[C@H]1CCCC[C@H]1O. The molecule has 6 heteroatoms. The summed E-state index contributed by atoms with van der Waals surface area (Å²) in [7, 11) is 0. The lowest BCUT2D eigenvalue weighted by Crippen LogP contribution is -2.41. The molecule has 2 rings (SSSR count). The van der Waals surface area contributed by atoms with Gasteiger partial charge in [0.15, 0.2) is 0 Å². The maximum absolute atomic E-state index is 11.9. The monoisotopic (exact) mass is 368 g/mol. The van der Waals surface area contributed by atoms with Crippen molar-refractivity contribution >= 4 is 27.7 Å². The highest BCUT2D eigenvalue weighted by Crippen LogP contribution is 2.23. The molecule has 1 aromatic rings. The van der Waals surface area contributed by atoms with Crippen molar-refractivity contribution < 1.29 is 14.7 Å². The summed E-state index contributed by atoms with van der Waals surface area (Å²) in [5.74, 6) is -0.395. The molecule has 0 heterocycles. The van der Waals surface area contributed by atoms with E-state index in [9.17, 15) is 14.7 Å². The Morgan fingerprint density at radius 3 is 2.73 bits per heavy atom. The van der Waals surface area contributed by atoms with Gasteiger partial charge >= 0.3 is 0 Å². The first-order chi connectivity index (χ1) is 10.6. The minimum absolute atomic E-state index is 0.0613. The Kier molecular flexibility index (Phi) is 6.39. The number of nitrogens with one attached hydrogen (secondary N) is 2. The van der Waals surface area contributed by atoms with E-state index in [2.05, 4.69) is 26.6 Å². The van der Waals surface area contributed by atoms with Gasteiger partial charge in [-0.2, -0.15) is 0 Å². The fraction of sp³-hybridized carbons (Fsp3) is 0.500. The van der Waals surface area contributed by atoms with Crippen LogP contribution in [-0.4, -0.2) is 36.1 Å². The van der Waals surface area contributed by atoms with Crippen molar-refractivity contribution in [3.05, 3.63) is 34.3 Å². The van der Waals surface area contributed by atoms with E-state index >= 15 is 0 Å². The van der Waals surface area contributed by atoms with Crippen LogP contribution in [0, 0.1) is 5.92 Å². The molecule has 1 fully saturated rings. The van der Waals surface area contributed by atoms with Gasteiger partial charge in [0.2, 0.25) is 5.91 Å². The highest BCUT2D eigenvalue weighted by Gasteiger charge is 2.23. The number of halogens is 1. The van der Waals surface area contributed by atoms with Gasteiger partial charge in [0.1, 0.15) is 0 Å². The van der Waals surface area contributed by atoms with Crippen LogP contribution in [0.3, 0.4) is 0 Å². The van der Waals surface area contributed by atoms with Gasteiger partial charge < -0.3 is 15.7 Å². The van der Waals surface area contributed by atoms with E-state index in [1.54, 1.807) is 18.2 Å². The van der Waals surface area contributed by atoms with Crippen LogP contribution in [0.5, 0.6) is 0 Å². The third-order valence-corrected chi connectivity index (χ3v) is 4.42. The zero-order valence-corrected chi connectivity index (χ0v) is 13.9. The second-order valence-electron chi connectivity index (χ2n) is 5.61. The van der Waals surface area contributed by atoms with Gasteiger partial charge in [-0.05, 0) is 31.0 Å². The highest BCUT2D eigenvalue weighted by atomic mass is 79.9. The lowest BCUT2D eigenvalue weighted by molar-refractivity contribution is -0.120. The Bertz CT molecular complexity index is 536. The zero-order valence-electron chi connectivity index (χ0n) is 12.3. The molecule has 1 aromatic carbocycles. The van der Waals surface area contributed by atoms with Crippen molar-refractivity contribution in [3.63, 3.8) is 0 Å². The number of aliphatic hydroxyl groups is 1. The van der Waals surface area contributed by atoms with Crippen LogP contribution in [0.25, 0.3) is 0 Å². The van der Waals surface area contributed by atoms with Crippen LogP contribution < -0.4 is 10.6 Å². The lowest BCUT2D eigenvalue weighted by Gasteiger charge is -2.27. The van der Waals surface area contributed by atoms with E-state index in [1.807, 2.05) is 6.07 Å². The van der Waals surface area contributed by atoms with Gasteiger partial charge in [-0.25, -0.2) is 0 Å². The number of aliphatic hydroxyl groups excluding tert-OH is 1. The van der Waals surface area contributed by atoms with E-state index in [0.29, 0.717) is 12.1 Å². The van der Waals surface area contributed by atoms with Gasteiger partial charge in [0, 0.05) is 22.5 Å². The summed E-state index contributed by atoms with van der Waals surface area (Å²) < 4.78 is 0.816. The molecule has 22 heavy (non-hydrogen) atoms. The molecule has 120 valence electrons. The molecule has 0 spiro atoms. The summed E-state index contributed by atoms with van der Waals surface area (Å²) in [5.41, 5.74) is 0.505. The van der Waals surface area contributed by atoms with Crippen molar-refractivity contribution in [1.29, 1.82) is 0 Å². The maximum Gasteiger partial charge on any atom is 0.251 e. The number of hydrogen-bond acceptors (Lipinski definition) is 3. The number of carbonyl (C=O) groups is 2. The van der Waals surface area contributed by atoms with Crippen molar-refractivity contribution in [2.75, 3.05) is 13.1 Å². The first-order valence-electron chi connectivity index (χ1n) is 7.55. The van der Waals surface area contributed by atoms with Crippen molar-refractivity contribution in [2.45, 2.75) is 31.8 Å². The maximum atomic E-state index is 11.9. The zero-order chi connectivity index (χ0) is 15.9. The molecule has 2 amide bonds. The lowest BCUT2D eigenvalue weighted by atomic mass is 9.86.